The van der Waals surface area contributed by atoms with Crippen molar-refractivity contribution in [3.8, 4) is 11.6 Å². The minimum atomic E-state index is -0.971. The van der Waals surface area contributed by atoms with Gasteiger partial charge in [0.2, 0.25) is 23.4 Å². The number of benzene rings is 1. The Hall–Kier alpha value is -3.62. The lowest BCUT2D eigenvalue weighted by molar-refractivity contribution is -0.132. The summed E-state index contributed by atoms with van der Waals surface area (Å²) in [5.41, 5.74) is 2.19. The molecule has 0 bridgehead atoms. The van der Waals surface area contributed by atoms with E-state index in [1.807, 2.05) is 6.07 Å². The molecule has 9 nitrogen and oxygen atoms in total. The van der Waals surface area contributed by atoms with Crippen LogP contribution >= 0.6 is 0 Å². The molecule has 0 radical (unpaired) electrons. The molecule has 1 amide bonds. The van der Waals surface area contributed by atoms with Crippen molar-refractivity contribution in [3.63, 3.8) is 0 Å². The van der Waals surface area contributed by atoms with E-state index in [1.54, 1.807) is 35.5 Å². The van der Waals surface area contributed by atoms with Crippen LogP contribution in [0.15, 0.2) is 41.2 Å². The van der Waals surface area contributed by atoms with E-state index in [0.29, 0.717) is 37.6 Å². The van der Waals surface area contributed by atoms with Crippen molar-refractivity contribution in [3.05, 3.63) is 59.2 Å². The quantitative estimate of drug-likeness (QED) is 0.711. The number of nitrogens with zero attached hydrogens (tertiary/aromatic N) is 5. The Bertz CT molecular complexity index is 1020. The van der Waals surface area contributed by atoms with Crippen LogP contribution in [0.4, 0.5) is 0 Å². The topological polar surface area (TPSA) is 122 Å². The van der Waals surface area contributed by atoms with Gasteiger partial charge in [-0.2, -0.15) is 4.98 Å². The third kappa shape index (κ3) is 3.73. The van der Waals surface area contributed by atoms with Gasteiger partial charge in [-0.1, -0.05) is 11.2 Å². The maximum absolute atomic E-state index is 12.6. The zero-order chi connectivity index (χ0) is 19.5. The highest BCUT2D eigenvalue weighted by molar-refractivity contribution is 5.88. The molecule has 142 valence electrons. The lowest BCUT2D eigenvalue weighted by Gasteiger charge is -2.29. The van der Waals surface area contributed by atoms with Gasteiger partial charge in [0.25, 0.3) is 0 Å². The molecular weight excluding hydrogens is 362 g/mol. The molecule has 4 rings (SSSR count). The minimum absolute atomic E-state index is 0.0397. The zero-order valence-electron chi connectivity index (χ0n) is 14.9. The molecule has 1 aliphatic rings. The smallest absolute Gasteiger partial charge is 0.335 e. The Kier molecular flexibility index (Phi) is 4.79. The predicted octanol–water partition coefficient (Wildman–Crippen LogP) is 1.74. The van der Waals surface area contributed by atoms with Gasteiger partial charge in [0, 0.05) is 38.3 Å². The van der Waals surface area contributed by atoms with Gasteiger partial charge in [0.05, 0.1) is 5.56 Å². The lowest BCUT2D eigenvalue weighted by Crippen LogP contribution is -2.36. The molecule has 1 aliphatic heterocycles. The zero-order valence-corrected chi connectivity index (χ0v) is 14.9. The summed E-state index contributed by atoms with van der Waals surface area (Å²) in [5, 5.41) is 13.0. The average Bonchev–Trinajstić information content (AvgIpc) is 3.21. The Balaban J connectivity index is 1.38. The van der Waals surface area contributed by atoms with Crippen molar-refractivity contribution in [1.29, 1.82) is 0 Å². The Labute approximate surface area is 160 Å². The van der Waals surface area contributed by atoms with Crippen LogP contribution in [0.3, 0.4) is 0 Å². The van der Waals surface area contributed by atoms with Crippen LogP contribution in [0.1, 0.15) is 33.8 Å². The number of carbonyl (C=O) groups is 2. The normalized spacial score (nSPS) is 13.2. The summed E-state index contributed by atoms with van der Waals surface area (Å²) in [5.74, 6) is -0.00819. The number of hydrogen-bond donors (Lipinski definition) is 1. The number of fused-ring (bicyclic) bond motifs is 1. The fraction of sp³-hybridized carbons (Fsp3) is 0.263. The molecule has 9 heteroatoms. The summed E-state index contributed by atoms with van der Waals surface area (Å²) >= 11 is 0. The van der Waals surface area contributed by atoms with Gasteiger partial charge < -0.3 is 14.5 Å². The molecule has 0 aliphatic carbocycles. The van der Waals surface area contributed by atoms with Crippen LogP contribution in [-0.2, 0) is 24.2 Å². The summed E-state index contributed by atoms with van der Waals surface area (Å²) in [7, 11) is 0. The highest BCUT2D eigenvalue weighted by Crippen LogP contribution is 2.21. The van der Waals surface area contributed by atoms with Gasteiger partial charge in [0.15, 0.2) is 0 Å². The number of carboxylic acid groups (broad SMARTS) is 1. The molecule has 1 N–H and O–H groups in total. The van der Waals surface area contributed by atoms with Crippen LogP contribution in [-0.4, -0.2) is 48.5 Å². The summed E-state index contributed by atoms with van der Waals surface area (Å²) in [6.45, 7) is 1.01. The van der Waals surface area contributed by atoms with E-state index >= 15 is 0 Å². The van der Waals surface area contributed by atoms with Crippen LogP contribution in [0.5, 0.6) is 0 Å². The van der Waals surface area contributed by atoms with Crippen molar-refractivity contribution in [2.75, 3.05) is 6.54 Å². The molecule has 0 spiro atoms. The highest BCUT2D eigenvalue weighted by atomic mass is 16.5. The summed E-state index contributed by atoms with van der Waals surface area (Å²) < 4.78 is 5.18. The number of aryl methyl sites for hydroxylation is 1. The molecule has 0 saturated carbocycles. The second-order valence-electron chi connectivity index (χ2n) is 6.44. The molecule has 28 heavy (non-hydrogen) atoms. The van der Waals surface area contributed by atoms with E-state index in [-0.39, 0.29) is 23.7 Å². The van der Waals surface area contributed by atoms with E-state index in [1.165, 1.54) is 0 Å². The van der Waals surface area contributed by atoms with Gasteiger partial charge in [0.1, 0.15) is 0 Å². The maximum atomic E-state index is 12.6. The van der Waals surface area contributed by atoms with E-state index in [9.17, 15) is 9.59 Å². The number of hydrogen-bond acceptors (Lipinski definition) is 7. The number of aromatic carboxylic acids is 1. The monoisotopic (exact) mass is 379 g/mol. The van der Waals surface area contributed by atoms with Crippen LogP contribution in [0.25, 0.3) is 11.6 Å². The van der Waals surface area contributed by atoms with E-state index in [4.69, 9.17) is 9.63 Å². The fourth-order valence-corrected chi connectivity index (χ4v) is 3.14. The third-order valence-corrected chi connectivity index (χ3v) is 4.60. The van der Waals surface area contributed by atoms with E-state index in [2.05, 4.69) is 20.1 Å². The summed E-state index contributed by atoms with van der Waals surface area (Å²) in [6, 6.07) is 6.76. The molecule has 0 unspecified atom stereocenters. The van der Waals surface area contributed by atoms with Gasteiger partial charge in [-0.3, -0.25) is 4.79 Å². The van der Waals surface area contributed by atoms with E-state index < -0.39 is 5.97 Å². The minimum Gasteiger partial charge on any atom is -0.478 e. The number of carboxylic acids is 1. The molecule has 0 saturated heterocycles. The molecule has 3 aromatic rings. The Morgan fingerprint density at radius 2 is 1.96 bits per heavy atom. The van der Waals surface area contributed by atoms with Gasteiger partial charge in [-0.15, -0.1) is 0 Å². The van der Waals surface area contributed by atoms with Crippen molar-refractivity contribution in [1.82, 2.24) is 25.0 Å². The molecule has 2 aromatic heterocycles. The molecular formula is C19H17N5O4. The first-order valence-electron chi connectivity index (χ1n) is 8.83. The van der Waals surface area contributed by atoms with Crippen molar-refractivity contribution in [2.45, 2.75) is 25.8 Å². The van der Waals surface area contributed by atoms with Crippen molar-refractivity contribution in [2.24, 2.45) is 0 Å². The Morgan fingerprint density at radius 3 is 2.75 bits per heavy atom. The first-order valence-corrected chi connectivity index (χ1v) is 8.83. The molecule has 1 aromatic carbocycles. The molecule has 3 heterocycles. The van der Waals surface area contributed by atoms with E-state index in [0.717, 1.165) is 11.1 Å². The number of rotatable bonds is 5. The second kappa shape index (κ2) is 7.55. The fourth-order valence-electron chi connectivity index (χ4n) is 3.14. The van der Waals surface area contributed by atoms with Gasteiger partial charge in [-0.25, -0.2) is 14.8 Å². The van der Waals surface area contributed by atoms with Gasteiger partial charge in [-0.05, 0) is 35.7 Å². The first kappa shape index (κ1) is 17.8. The van der Waals surface area contributed by atoms with Crippen molar-refractivity contribution >= 4 is 11.9 Å². The largest absolute Gasteiger partial charge is 0.478 e. The van der Waals surface area contributed by atoms with Crippen LogP contribution in [0.2, 0.25) is 0 Å². The Morgan fingerprint density at radius 1 is 1.14 bits per heavy atom. The second-order valence-corrected chi connectivity index (χ2v) is 6.44. The first-order chi connectivity index (χ1) is 13.6. The van der Waals surface area contributed by atoms with Crippen LogP contribution < -0.4 is 0 Å². The number of carbonyl (C=O) groups excluding carboxylic acids is 1. The maximum Gasteiger partial charge on any atom is 0.335 e. The SMILES string of the molecule is O=C(O)c1ccc2c(c1)CN(C(=O)CCc1nc(-c3ncccn3)no1)CC2. The standard InChI is InChI=1S/C19H17N5O4/c25-16(5-4-15-22-18(23-28-15)17-20-7-1-8-21-17)24-9-6-12-2-3-13(19(26)27)10-14(12)11-24/h1-3,7-8,10H,4-6,9,11H2,(H,26,27). The summed E-state index contributed by atoms with van der Waals surface area (Å²) in [4.78, 5) is 37.8. The van der Waals surface area contributed by atoms with Crippen molar-refractivity contribution < 1.29 is 19.2 Å². The third-order valence-electron chi connectivity index (χ3n) is 4.60. The average molecular weight is 379 g/mol. The van der Waals surface area contributed by atoms with Crippen LogP contribution in [0, 0.1) is 0 Å². The number of amides is 1. The number of aromatic nitrogens is 4. The molecule has 0 fully saturated rings. The van der Waals surface area contributed by atoms with Gasteiger partial charge >= 0.3 is 5.97 Å². The molecule has 0 atom stereocenters. The predicted molar refractivity (Wildman–Crippen MR) is 96.2 cm³/mol. The lowest BCUT2D eigenvalue weighted by atomic mass is 9.97. The summed E-state index contributed by atoms with van der Waals surface area (Å²) in [6.07, 6.45) is 4.43. The highest BCUT2D eigenvalue weighted by Gasteiger charge is 2.22.